The van der Waals surface area contributed by atoms with Crippen molar-refractivity contribution in [2.45, 2.75) is 6.92 Å². The van der Waals surface area contributed by atoms with Crippen molar-refractivity contribution in [3.8, 4) is 5.69 Å². The van der Waals surface area contributed by atoms with E-state index in [-0.39, 0.29) is 0 Å². The summed E-state index contributed by atoms with van der Waals surface area (Å²) in [5, 5.41) is 9.07. The molecule has 0 fully saturated rings. The number of aromatic nitrogens is 3. The first-order valence-electron chi connectivity index (χ1n) is 7.54. The van der Waals surface area contributed by atoms with E-state index in [0.29, 0.717) is 0 Å². The summed E-state index contributed by atoms with van der Waals surface area (Å²) in [6.45, 7) is 1.98. The van der Waals surface area contributed by atoms with Crippen molar-refractivity contribution in [1.29, 1.82) is 0 Å². The van der Waals surface area contributed by atoms with Crippen LogP contribution in [0.25, 0.3) is 16.6 Å². The van der Waals surface area contributed by atoms with Gasteiger partial charge in [0.05, 0.1) is 16.9 Å². The number of fused-ring (bicyclic) bond motifs is 1. The summed E-state index contributed by atoms with van der Waals surface area (Å²) in [4.78, 5) is 4.66. The average molecular weight is 300 g/mol. The minimum absolute atomic E-state index is 0.806. The van der Waals surface area contributed by atoms with Crippen molar-refractivity contribution in [3.63, 3.8) is 0 Å². The summed E-state index contributed by atoms with van der Waals surface area (Å²) >= 11 is 0. The Labute approximate surface area is 134 Å². The van der Waals surface area contributed by atoms with Gasteiger partial charge in [-0.2, -0.15) is 5.10 Å². The number of anilines is 2. The van der Waals surface area contributed by atoms with E-state index < -0.39 is 0 Å². The maximum atomic E-state index is 4.66. The van der Waals surface area contributed by atoms with Crippen molar-refractivity contribution in [3.05, 3.63) is 78.5 Å². The number of rotatable bonds is 3. The lowest BCUT2D eigenvalue weighted by molar-refractivity contribution is 0.869. The summed E-state index contributed by atoms with van der Waals surface area (Å²) in [6, 6.07) is 24.2. The number of hydrogen-bond acceptors (Lipinski definition) is 3. The van der Waals surface area contributed by atoms with Crippen molar-refractivity contribution in [2.75, 3.05) is 5.32 Å². The highest BCUT2D eigenvalue weighted by atomic mass is 15.3. The molecule has 23 heavy (non-hydrogen) atoms. The number of benzene rings is 2. The topological polar surface area (TPSA) is 42.7 Å². The molecule has 0 atom stereocenters. The first kappa shape index (κ1) is 13.5. The molecule has 0 aliphatic carbocycles. The largest absolute Gasteiger partial charge is 0.325 e. The van der Waals surface area contributed by atoms with Crippen LogP contribution in [0.5, 0.6) is 0 Å². The molecule has 4 aromatic rings. The average Bonchev–Trinajstić information content (AvgIpc) is 2.96. The highest BCUT2D eigenvalue weighted by Crippen LogP contribution is 2.22. The molecule has 112 valence electrons. The van der Waals surface area contributed by atoms with E-state index in [1.807, 2.05) is 72.3 Å². The van der Waals surface area contributed by atoms with E-state index in [1.165, 1.54) is 0 Å². The van der Waals surface area contributed by atoms with Gasteiger partial charge in [0.15, 0.2) is 0 Å². The molecule has 0 unspecified atom stereocenters. The second-order valence-corrected chi connectivity index (χ2v) is 5.43. The second-order valence-electron chi connectivity index (χ2n) is 5.43. The van der Waals surface area contributed by atoms with Gasteiger partial charge in [0.2, 0.25) is 0 Å². The van der Waals surface area contributed by atoms with Crippen molar-refractivity contribution in [1.82, 2.24) is 14.8 Å². The first-order chi connectivity index (χ1) is 11.3. The summed E-state index contributed by atoms with van der Waals surface area (Å²) in [5.74, 6) is 1.71. The van der Waals surface area contributed by atoms with E-state index in [2.05, 4.69) is 27.5 Å². The fourth-order valence-corrected chi connectivity index (χ4v) is 2.62. The van der Waals surface area contributed by atoms with Crippen LogP contribution in [-0.2, 0) is 0 Å². The van der Waals surface area contributed by atoms with Gasteiger partial charge in [0, 0.05) is 11.5 Å². The van der Waals surface area contributed by atoms with Gasteiger partial charge in [-0.15, -0.1) is 0 Å². The number of nitrogens with one attached hydrogen (secondary N) is 1. The Morgan fingerprint density at radius 1 is 0.870 bits per heavy atom. The van der Waals surface area contributed by atoms with Crippen LogP contribution in [0.1, 0.15) is 5.69 Å². The van der Waals surface area contributed by atoms with Gasteiger partial charge in [-0.1, -0.05) is 36.4 Å². The molecule has 0 saturated carbocycles. The summed E-state index contributed by atoms with van der Waals surface area (Å²) < 4.78 is 1.90. The van der Waals surface area contributed by atoms with Crippen LogP contribution in [0.4, 0.5) is 11.6 Å². The van der Waals surface area contributed by atoms with Gasteiger partial charge in [-0.3, -0.25) is 0 Å². The highest BCUT2D eigenvalue weighted by molar-refractivity contribution is 5.80. The Kier molecular flexibility index (Phi) is 3.27. The minimum Gasteiger partial charge on any atom is -0.325 e. The Bertz CT molecular complexity index is 957. The predicted octanol–water partition coefficient (Wildman–Crippen LogP) is 4.47. The van der Waals surface area contributed by atoms with Gasteiger partial charge in [0.25, 0.3) is 0 Å². The van der Waals surface area contributed by atoms with Crippen LogP contribution in [-0.4, -0.2) is 14.8 Å². The number of hydrogen-bond donors (Lipinski definition) is 1. The number of aryl methyl sites for hydroxylation is 1. The zero-order valence-electron chi connectivity index (χ0n) is 12.8. The fourth-order valence-electron chi connectivity index (χ4n) is 2.62. The number of para-hydroxylation sites is 2. The Morgan fingerprint density at radius 3 is 2.52 bits per heavy atom. The number of nitrogens with zero attached hydrogens (tertiary/aromatic N) is 3. The van der Waals surface area contributed by atoms with Crippen LogP contribution in [0.2, 0.25) is 0 Å². The molecule has 4 heteroatoms. The minimum atomic E-state index is 0.806. The molecule has 4 nitrogen and oxygen atoms in total. The molecule has 0 saturated heterocycles. The smallest absolute Gasteiger partial charge is 0.135 e. The Hall–Kier alpha value is -3.14. The van der Waals surface area contributed by atoms with E-state index in [9.17, 15) is 0 Å². The summed E-state index contributed by atoms with van der Waals surface area (Å²) in [7, 11) is 0. The van der Waals surface area contributed by atoms with Gasteiger partial charge in [-0.05, 0) is 37.3 Å². The summed E-state index contributed by atoms with van der Waals surface area (Å²) in [5.41, 5.74) is 2.95. The lowest BCUT2D eigenvalue weighted by atomic mass is 10.2. The van der Waals surface area contributed by atoms with Crippen LogP contribution < -0.4 is 5.32 Å². The van der Waals surface area contributed by atoms with E-state index >= 15 is 0 Å². The van der Waals surface area contributed by atoms with Crippen LogP contribution in [0.15, 0.2) is 72.8 Å². The molecular weight excluding hydrogens is 284 g/mol. The molecule has 2 heterocycles. The van der Waals surface area contributed by atoms with Crippen LogP contribution in [0, 0.1) is 6.92 Å². The molecule has 2 aromatic heterocycles. The van der Waals surface area contributed by atoms with Crippen molar-refractivity contribution < 1.29 is 0 Å². The van der Waals surface area contributed by atoms with Crippen molar-refractivity contribution in [2.24, 2.45) is 0 Å². The zero-order valence-corrected chi connectivity index (χ0v) is 12.8. The van der Waals surface area contributed by atoms with Gasteiger partial charge in [0.1, 0.15) is 11.6 Å². The molecule has 0 radical (unpaired) electrons. The van der Waals surface area contributed by atoms with E-state index in [0.717, 1.165) is 33.9 Å². The maximum Gasteiger partial charge on any atom is 0.135 e. The second kappa shape index (κ2) is 5.57. The molecule has 0 aliphatic rings. The third-order valence-electron chi connectivity index (χ3n) is 3.69. The standard InChI is InChI=1S/C19H16N4/c1-14-13-19(23(22-14)16-8-3-2-4-9-16)21-18-12-11-15-7-5-6-10-17(15)20-18/h2-13H,1H3,(H,20,21). The van der Waals surface area contributed by atoms with E-state index in [4.69, 9.17) is 0 Å². The Balaban J connectivity index is 1.73. The third kappa shape index (κ3) is 2.66. The monoisotopic (exact) mass is 300 g/mol. The molecule has 4 rings (SSSR count). The molecule has 0 aliphatic heterocycles. The SMILES string of the molecule is Cc1cc(Nc2ccc3ccccc3n2)n(-c2ccccc2)n1. The van der Waals surface area contributed by atoms with Crippen LogP contribution in [0.3, 0.4) is 0 Å². The molecule has 2 aromatic carbocycles. The van der Waals surface area contributed by atoms with Gasteiger partial charge in [-0.25, -0.2) is 9.67 Å². The lowest BCUT2D eigenvalue weighted by Gasteiger charge is -2.09. The number of pyridine rings is 1. The molecule has 0 amide bonds. The zero-order chi connectivity index (χ0) is 15.6. The summed E-state index contributed by atoms with van der Waals surface area (Å²) in [6.07, 6.45) is 0. The first-order valence-corrected chi connectivity index (χ1v) is 7.54. The normalized spacial score (nSPS) is 10.8. The predicted molar refractivity (Wildman–Crippen MR) is 93.3 cm³/mol. The molecular formula is C19H16N4. The lowest BCUT2D eigenvalue weighted by Crippen LogP contribution is -2.03. The maximum absolute atomic E-state index is 4.66. The fraction of sp³-hybridized carbons (Fsp3) is 0.0526. The van der Waals surface area contributed by atoms with Crippen molar-refractivity contribution >= 4 is 22.5 Å². The molecule has 0 spiro atoms. The third-order valence-corrected chi connectivity index (χ3v) is 3.69. The molecule has 0 bridgehead atoms. The Morgan fingerprint density at radius 2 is 1.65 bits per heavy atom. The highest BCUT2D eigenvalue weighted by Gasteiger charge is 2.08. The van der Waals surface area contributed by atoms with E-state index in [1.54, 1.807) is 0 Å². The van der Waals surface area contributed by atoms with Gasteiger partial charge >= 0.3 is 0 Å². The van der Waals surface area contributed by atoms with Crippen LogP contribution >= 0.6 is 0 Å². The quantitative estimate of drug-likeness (QED) is 0.607. The molecule has 1 N–H and O–H groups in total. The van der Waals surface area contributed by atoms with Gasteiger partial charge < -0.3 is 5.32 Å².